The molecule has 0 saturated carbocycles. The van der Waals surface area contributed by atoms with Gasteiger partial charge in [0.1, 0.15) is 0 Å². The summed E-state index contributed by atoms with van der Waals surface area (Å²) in [5.41, 5.74) is 19.8. The van der Waals surface area contributed by atoms with Crippen LogP contribution in [0.1, 0.15) is 70.1 Å². The molecule has 6 heterocycles. The molecule has 0 radical (unpaired) electrons. The lowest BCUT2D eigenvalue weighted by molar-refractivity contribution is 0.0954. The minimum absolute atomic E-state index is 0.0144. The lowest BCUT2D eigenvalue weighted by Crippen LogP contribution is -2.27. The lowest BCUT2D eigenvalue weighted by atomic mass is 9.76. The second-order valence-electron chi connectivity index (χ2n) is 22.2. The van der Waals surface area contributed by atoms with Gasteiger partial charge in [0.15, 0.2) is 0 Å². The number of thiophene rings is 1. The first kappa shape index (κ1) is 41.9. The van der Waals surface area contributed by atoms with Crippen molar-refractivity contribution in [3.8, 4) is 27.9 Å². The minimum atomic E-state index is -0.288. The number of nitrogens with zero attached hydrogens (tertiary/aromatic N) is 3. The highest BCUT2D eigenvalue weighted by Crippen LogP contribution is 2.54. The van der Waals surface area contributed by atoms with Crippen LogP contribution in [0, 0.1) is 0 Å². The fourth-order valence-electron chi connectivity index (χ4n) is 14.6. The van der Waals surface area contributed by atoms with Gasteiger partial charge >= 0.3 is 0 Å². The van der Waals surface area contributed by atoms with Crippen molar-refractivity contribution < 1.29 is 4.79 Å². The number of carbonyl (C=O) groups is 1. The molecule has 5 nitrogen and oxygen atoms in total. The summed E-state index contributed by atoms with van der Waals surface area (Å²) in [5.74, 6) is 0.0638. The van der Waals surface area contributed by atoms with Crippen molar-refractivity contribution in [3.05, 3.63) is 250 Å². The summed E-state index contributed by atoms with van der Waals surface area (Å²) in [7, 11) is 0. The molecule has 0 spiro atoms. The Morgan fingerprint density at radius 2 is 1.06 bits per heavy atom. The number of allylic oxidation sites excluding steroid dienone is 1. The predicted octanol–water partition coefficient (Wildman–Crippen LogP) is 17.7. The first-order valence-corrected chi connectivity index (χ1v) is 27.5. The van der Waals surface area contributed by atoms with E-state index in [1.165, 1.54) is 64.3 Å². The highest BCUT2D eigenvalue weighted by Gasteiger charge is 2.40. The fourth-order valence-corrected chi connectivity index (χ4v) is 15.7. The summed E-state index contributed by atoms with van der Waals surface area (Å²) < 4.78 is 9.00. The monoisotopic (exact) mass is 1000 g/mol. The summed E-state index contributed by atoms with van der Waals surface area (Å²) in [6.45, 7) is 4.71. The van der Waals surface area contributed by atoms with Gasteiger partial charge in [0.25, 0.3) is 11.5 Å². The SMILES string of the molecule is CC1(C)c2ccc(-c3ccc4c(c3)C(=O)n3c5c(c6ccccc63)C=C(c3ccc6sc7ccccc7c6c3)CC45)cc2-c2cc3c4ccccc4n(-c4cc5c6ccccc6c(=O)n6c7ccccc7c(c4)c56)c3cc21. The molecule has 0 fully saturated rings. The smallest absolute Gasteiger partial charge is 0.263 e. The summed E-state index contributed by atoms with van der Waals surface area (Å²) in [5, 5.41) is 11.0. The van der Waals surface area contributed by atoms with Crippen molar-refractivity contribution in [2.45, 2.75) is 31.6 Å². The molecule has 6 heteroatoms. The van der Waals surface area contributed by atoms with Gasteiger partial charge in [-0.25, -0.2) is 0 Å². The van der Waals surface area contributed by atoms with E-state index in [1.807, 2.05) is 44.6 Å². The van der Waals surface area contributed by atoms with Crippen molar-refractivity contribution in [3.63, 3.8) is 0 Å². The van der Waals surface area contributed by atoms with E-state index in [4.69, 9.17) is 0 Å². The van der Waals surface area contributed by atoms with Crippen molar-refractivity contribution in [1.29, 1.82) is 0 Å². The molecular formula is C71H43N3O2S. The Morgan fingerprint density at radius 1 is 0.455 bits per heavy atom. The Hall–Kier alpha value is -9.36. The average molecular weight is 1000 g/mol. The Bertz CT molecular complexity index is 5350. The lowest BCUT2D eigenvalue weighted by Gasteiger charge is -2.32. The maximum absolute atomic E-state index is 15.1. The largest absolute Gasteiger partial charge is 0.309 e. The van der Waals surface area contributed by atoms with Crippen LogP contribution in [0.25, 0.3) is 130 Å². The van der Waals surface area contributed by atoms with E-state index in [-0.39, 0.29) is 22.8 Å². The van der Waals surface area contributed by atoms with Crippen LogP contribution < -0.4 is 5.56 Å². The number of pyridine rings is 1. The molecule has 1 aliphatic heterocycles. The fraction of sp³-hybridized carbons (Fsp3) is 0.0704. The maximum Gasteiger partial charge on any atom is 0.263 e. The topological polar surface area (TPSA) is 48.4 Å². The molecule has 0 bridgehead atoms. The number of rotatable bonds is 3. The van der Waals surface area contributed by atoms with Gasteiger partial charge in [0, 0.05) is 91.7 Å². The summed E-state index contributed by atoms with van der Waals surface area (Å²) in [6, 6.07) is 72.4. The summed E-state index contributed by atoms with van der Waals surface area (Å²) in [4.78, 5) is 29.3. The van der Waals surface area contributed by atoms with Gasteiger partial charge in [-0.05, 0) is 147 Å². The molecule has 77 heavy (non-hydrogen) atoms. The van der Waals surface area contributed by atoms with Crippen molar-refractivity contribution in [2.24, 2.45) is 0 Å². The molecule has 5 aromatic heterocycles. The van der Waals surface area contributed by atoms with Crippen molar-refractivity contribution in [2.75, 3.05) is 0 Å². The molecule has 360 valence electrons. The molecule has 0 N–H and O–H groups in total. The molecule has 15 aromatic rings. The predicted molar refractivity (Wildman–Crippen MR) is 320 cm³/mol. The number of carbonyl (C=O) groups excluding carboxylic acids is 1. The van der Waals surface area contributed by atoms with Gasteiger partial charge in [-0.15, -0.1) is 11.3 Å². The maximum atomic E-state index is 15.1. The Morgan fingerprint density at radius 3 is 1.87 bits per heavy atom. The molecule has 0 saturated heterocycles. The number of aromatic nitrogens is 3. The number of hydrogen-bond donors (Lipinski definition) is 0. The van der Waals surface area contributed by atoms with Crippen molar-refractivity contribution >= 4 is 120 Å². The van der Waals surface area contributed by atoms with Gasteiger partial charge < -0.3 is 4.57 Å². The van der Waals surface area contributed by atoms with Crippen LogP contribution in [0.15, 0.2) is 205 Å². The van der Waals surface area contributed by atoms with Crippen LogP contribution in [0.3, 0.4) is 0 Å². The summed E-state index contributed by atoms with van der Waals surface area (Å²) in [6.07, 6.45) is 3.17. The third kappa shape index (κ3) is 5.33. The molecule has 0 amide bonds. The third-order valence-electron chi connectivity index (χ3n) is 18.1. The zero-order valence-corrected chi connectivity index (χ0v) is 42.8. The van der Waals surface area contributed by atoms with Crippen LogP contribution in [0.4, 0.5) is 0 Å². The molecular weight excluding hydrogens is 959 g/mol. The first-order chi connectivity index (χ1) is 37.8. The van der Waals surface area contributed by atoms with Gasteiger partial charge in [0.05, 0.1) is 27.6 Å². The normalized spacial score (nSPS) is 15.5. The number of fused-ring (bicyclic) bond motifs is 19. The van der Waals surface area contributed by atoms with Gasteiger partial charge in [-0.1, -0.05) is 135 Å². The Kier molecular flexibility index (Phi) is 7.90. The van der Waals surface area contributed by atoms with Crippen LogP contribution in [0.2, 0.25) is 0 Å². The van der Waals surface area contributed by atoms with Gasteiger partial charge in [-0.3, -0.25) is 18.6 Å². The molecule has 1 unspecified atom stereocenters. The van der Waals surface area contributed by atoms with Crippen LogP contribution in [-0.4, -0.2) is 19.4 Å². The Labute approximate surface area is 444 Å². The molecule has 10 aromatic carbocycles. The standard InChI is InChI=1S/C71H43N3O2S/c1-71(2)59-27-24-39(38-23-26-44-54-32-41(40-25-28-66-53(30-40)48-17-8-12-22-65(48)77-66)33-55-46-15-6-10-20-62(46)74(67(54)55)70(76)58(44)31-38)29-50(59)51-36-52-45-14-5-9-19-61(45)72(64(52)37-60(51)71)42-34-56-43-13-3-4-18-49(43)69(75)73-63-21-11-7-16-47(63)57(35-42)68(56)73/h3-31,33-37,54H,32H2,1-2H3. The minimum Gasteiger partial charge on any atom is -0.309 e. The first-order valence-electron chi connectivity index (χ1n) is 26.7. The van der Waals surface area contributed by atoms with E-state index in [0.717, 1.165) is 106 Å². The van der Waals surface area contributed by atoms with Crippen LogP contribution >= 0.6 is 11.3 Å². The zero-order chi connectivity index (χ0) is 50.7. The highest BCUT2D eigenvalue weighted by molar-refractivity contribution is 7.25. The zero-order valence-electron chi connectivity index (χ0n) is 42.0. The van der Waals surface area contributed by atoms with E-state index in [0.29, 0.717) is 0 Å². The van der Waals surface area contributed by atoms with Crippen molar-refractivity contribution in [1.82, 2.24) is 13.5 Å². The van der Waals surface area contributed by atoms with E-state index < -0.39 is 0 Å². The number of para-hydroxylation sites is 3. The second kappa shape index (κ2) is 14.5. The quantitative estimate of drug-likeness (QED) is 0.166. The molecule has 1 atom stereocenters. The highest BCUT2D eigenvalue weighted by atomic mass is 32.1. The van der Waals surface area contributed by atoms with E-state index in [9.17, 15) is 4.79 Å². The average Bonchev–Trinajstić information content (AvgIpc) is 4.40. The van der Waals surface area contributed by atoms with Gasteiger partial charge in [-0.2, -0.15) is 0 Å². The second-order valence-corrected chi connectivity index (χ2v) is 23.3. The van der Waals surface area contributed by atoms with E-state index >= 15 is 4.79 Å². The van der Waals surface area contributed by atoms with E-state index in [1.54, 1.807) is 0 Å². The van der Waals surface area contributed by atoms with E-state index in [2.05, 4.69) is 200 Å². The number of hydrogen-bond acceptors (Lipinski definition) is 3. The Balaban J connectivity index is 0.783. The molecule has 18 rings (SSSR count). The number of benzene rings is 10. The van der Waals surface area contributed by atoms with Crippen LogP contribution in [-0.2, 0) is 5.41 Å². The molecule has 2 aliphatic carbocycles. The third-order valence-corrected chi connectivity index (χ3v) is 19.3. The molecule has 3 aliphatic rings. The van der Waals surface area contributed by atoms with Gasteiger partial charge in [0.2, 0.25) is 0 Å². The van der Waals surface area contributed by atoms with Crippen LogP contribution in [0.5, 0.6) is 0 Å². The summed E-state index contributed by atoms with van der Waals surface area (Å²) >= 11 is 1.85.